The summed E-state index contributed by atoms with van der Waals surface area (Å²) in [5.74, 6) is 0. The molecule has 0 bridgehead atoms. The van der Waals surface area contributed by atoms with Gasteiger partial charge in [-0.25, -0.2) is 4.79 Å². The number of likely N-dealkylation sites (tertiary alicyclic amines) is 1. The van der Waals surface area contributed by atoms with E-state index in [1.54, 1.807) is 15.8 Å². The fraction of sp³-hybridized carbons (Fsp3) is 0.765. The molecule has 0 unspecified atom stereocenters. The highest BCUT2D eigenvalue weighted by Gasteiger charge is 2.55. The van der Waals surface area contributed by atoms with E-state index in [1.807, 2.05) is 20.8 Å². The number of ether oxygens (including phenoxy) is 1. The Labute approximate surface area is 150 Å². The number of nitrogens with zero attached hydrogens (tertiary/aromatic N) is 3. The molecular formula is C17H25F3N4O2. The molecule has 146 valence electrons. The zero-order valence-electron chi connectivity index (χ0n) is 15.3. The summed E-state index contributed by atoms with van der Waals surface area (Å²) in [6, 6.07) is 0.123. The van der Waals surface area contributed by atoms with Crippen LogP contribution in [0.2, 0.25) is 0 Å². The number of carbonyl (C=O) groups is 1. The van der Waals surface area contributed by atoms with Gasteiger partial charge in [-0.3, -0.25) is 4.68 Å². The Bertz CT molecular complexity index is 679. The van der Waals surface area contributed by atoms with Crippen LogP contribution >= 0.6 is 0 Å². The number of rotatable bonds is 3. The average molecular weight is 374 g/mol. The van der Waals surface area contributed by atoms with Gasteiger partial charge in [0.2, 0.25) is 0 Å². The third-order valence-corrected chi connectivity index (χ3v) is 4.90. The van der Waals surface area contributed by atoms with E-state index in [9.17, 15) is 18.0 Å². The van der Waals surface area contributed by atoms with Crippen molar-refractivity contribution in [2.75, 3.05) is 18.8 Å². The maximum atomic E-state index is 12.4. The molecule has 26 heavy (non-hydrogen) atoms. The smallest absolute Gasteiger partial charge is 0.410 e. The molecule has 0 aromatic carbocycles. The van der Waals surface area contributed by atoms with Gasteiger partial charge in [-0.15, -0.1) is 0 Å². The van der Waals surface area contributed by atoms with Crippen LogP contribution in [0, 0.1) is 5.41 Å². The molecule has 6 nitrogen and oxygen atoms in total. The van der Waals surface area contributed by atoms with Crippen LogP contribution in [-0.4, -0.2) is 45.6 Å². The molecule has 1 spiro atoms. The summed E-state index contributed by atoms with van der Waals surface area (Å²) in [4.78, 5) is 13.7. The Morgan fingerprint density at radius 2 is 1.96 bits per heavy atom. The number of nitrogen functional groups attached to an aromatic ring is 1. The number of anilines is 1. The quantitative estimate of drug-likeness (QED) is 0.878. The molecule has 9 heteroatoms. The maximum absolute atomic E-state index is 12.4. The number of aryl methyl sites for hydroxylation is 1. The zero-order valence-corrected chi connectivity index (χ0v) is 15.3. The summed E-state index contributed by atoms with van der Waals surface area (Å²) < 4.78 is 44.1. The lowest BCUT2D eigenvalue weighted by Crippen LogP contribution is -2.64. The highest BCUT2D eigenvalue weighted by molar-refractivity contribution is 5.69. The first kappa shape index (κ1) is 18.8. The van der Waals surface area contributed by atoms with Gasteiger partial charge in [-0.05, 0) is 33.6 Å². The van der Waals surface area contributed by atoms with Crippen LogP contribution in [-0.2, 0) is 11.2 Å². The number of halogens is 3. The largest absolute Gasteiger partial charge is 0.444 e. The third kappa shape index (κ3) is 4.07. The number of hydrogen-bond acceptors (Lipinski definition) is 4. The number of amides is 1. The normalized spacial score (nSPS) is 20.0. The SMILES string of the molecule is CC(C)(C)OC(=O)N1CC2(CC(n3cc(N)c(CCC(F)(F)F)n3)C2)C1. The van der Waals surface area contributed by atoms with Gasteiger partial charge in [0.15, 0.2) is 0 Å². The van der Waals surface area contributed by atoms with Gasteiger partial charge in [0.25, 0.3) is 0 Å². The minimum atomic E-state index is -4.21. The summed E-state index contributed by atoms with van der Waals surface area (Å²) in [5.41, 5.74) is 5.97. The molecule has 1 aromatic heterocycles. The van der Waals surface area contributed by atoms with Crippen molar-refractivity contribution in [3.63, 3.8) is 0 Å². The maximum Gasteiger partial charge on any atom is 0.410 e. The van der Waals surface area contributed by atoms with E-state index >= 15 is 0 Å². The second-order valence-corrected chi connectivity index (χ2v) is 8.52. The number of nitrogens with two attached hydrogens (primary N) is 1. The predicted molar refractivity (Wildman–Crippen MR) is 89.5 cm³/mol. The average Bonchev–Trinajstić information content (AvgIpc) is 2.71. The highest BCUT2D eigenvalue weighted by atomic mass is 19.4. The topological polar surface area (TPSA) is 73.4 Å². The van der Waals surface area contributed by atoms with Crippen molar-refractivity contribution in [1.29, 1.82) is 0 Å². The Morgan fingerprint density at radius 1 is 1.35 bits per heavy atom. The van der Waals surface area contributed by atoms with Gasteiger partial charge >= 0.3 is 12.3 Å². The Hall–Kier alpha value is -1.93. The molecule has 1 amide bonds. The number of alkyl halides is 3. The predicted octanol–water partition coefficient (Wildman–Crippen LogP) is 3.53. The number of aromatic nitrogens is 2. The monoisotopic (exact) mass is 374 g/mol. The van der Waals surface area contributed by atoms with E-state index < -0.39 is 18.2 Å². The molecule has 1 saturated carbocycles. The Morgan fingerprint density at radius 3 is 2.50 bits per heavy atom. The lowest BCUT2D eigenvalue weighted by atomic mass is 9.61. The van der Waals surface area contributed by atoms with Crippen LogP contribution in [0.5, 0.6) is 0 Å². The van der Waals surface area contributed by atoms with Crippen LogP contribution in [0.3, 0.4) is 0 Å². The van der Waals surface area contributed by atoms with Crippen LogP contribution in [0.15, 0.2) is 6.20 Å². The molecule has 2 N–H and O–H groups in total. The van der Waals surface area contributed by atoms with E-state index in [1.165, 1.54) is 0 Å². The van der Waals surface area contributed by atoms with E-state index in [4.69, 9.17) is 10.5 Å². The van der Waals surface area contributed by atoms with Crippen molar-refractivity contribution in [3.05, 3.63) is 11.9 Å². The molecular weight excluding hydrogens is 349 g/mol. The lowest BCUT2D eigenvalue weighted by molar-refractivity contribution is -0.134. The van der Waals surface area contributed by atoms with Crippen molar-refractivity contribution in [3.8, 4) is 0 Å². The minimum absolute atomic E-state index is 0.0778. The van der Waals surface area contributed by atoms with E-state index in [2.05, 4.69) is 5.10 Å². The molecule has 2 heterocycles. The second kappa shape index (κ2) is 6.06. The van der Waals surface area contributed by atoms with Crippen molar-refractivity contribution in [1.82, 2.24) is 14.7 Å². The molecule has 1 aliphatic carbocycles. The first-order valence-corrected chi connectivity index (χ1v) is 8.74. The number of hydrogen-bond donors (Lipinski definition) is 1. The van der Waals surface area contributed by atoms with Crippen LogP contribution in [0.1, 0.15) is 51.8 Å². The van der Waals surface area contributed by atoms with Crippen LogP contribution < -0.4 is 5.73 Å². The van der Waals surface area contributed by atoms with Gasteiger partial charge in [0.1, 0.15) is 5.60 Å². The van der Waals surface area contributed by atoms with Gasteiger partial charge in [0, 0.05) is 37.5 Å². The zero-order chi connectivity index (χ0) is 19.3. The Balaban J connectivity index is 1.50. The van der Waals surface area contributed by atoms with Gasteiger partial charge in [-0.1, -0.05) is 0 Å². The van der Waals surface area contributed by atoms with Crippen molar-refractivity contribution >= 4 is 11.8 Å². The van der Waals surface area contributed by atoms with E-state index in [0.29, 0.717) is 24.5 Å². The summed E-state index contributed by atoms with van der Waals surface area (Å²) in [7, 11) is 0. The van der Waals surface area contributed by atoms with E-state index in [-0.39, 0.29) is 24.0 Å². The van der Waals surface area contributed by atoms with Gasteiger partial charge in [0.05, 0.1) is 17.4 Å². The van der Waals surface area contributed by atoms with Crippen molar-refractivity contribution in [2.45, 2.75) is 64.3 Å². The van der Waals surface area contributed by atoms with Crippen LogP contribution in [0.25, 0.3) is 0 Å². The summed E-state index contributed by atoms with van der Waals surface area (Å²) >= 11 is 0. The van der Waals surface area contributed by atoms with Crippen LogP contribution in [0.4, 0.5) is 23.7 Å². The van der Waals surface area contributed by atoms with Crippen molar-refractivity contribution < 1.29 is 22.7 Å². The molecule has 2 aliphatic rings. The molecule has 0 atom stereocenters. The molecule has 2 fully saturated rings. The highest BCUT2D eigenvalue weighted by Crippen LogP contribution is 2.54. The fourth-order valence-corrected chi connectivity index (χ4v) is 3.69. The molecule has 1 aromatic rings. The molecule has 1 saturated heterocycles. The fourth-order valence-electron chi connectivity index (χ4n) is 3.69. The lowest BCUT2D eigenvalue weighted by Gasteiger charge is -2.58. The molecule has 3 rings (SSSR count). The Kier molecular flexibility index (Phi) is 4.39. The standard InChI is InChI=1S/C17H25F3N4O2/c1-15(2,3)26-14(25)23-9-16(10-23)6-11(7-16)24-8-12(21)13(22-24)4-5-17(18,19)20/h8,11H,4-7,9-10,21H2,1-3H3. The second-order valence-electron chi connectivity index (χ2n) is 8.52. The van der Waals surface area contributed by atoms with Gasteiger partial charge < -0.3 is 15.4 Å². The third-order valence-electron chi connectivity index (χ3n) is 4.90. The number of carbonyl (C=O) groups excluding carboxylic acids is 1. The summed E-state index contributed by atoms with van der Waals surface area (Å²) in [5, 5.41) is 4.25. The molecule has 1 aliphatic heterocycles. The van der Waals surface area contributed by atoms with Gasteiger partial charge in [-0.2, -0.15) is 18.3 Å². The van der Waals surface area contributed by atoms with Crippen molar-refractivity contribution in [2.24, 2.45) is 5.41 Å². The summed E-state index contributed by atoms with van der Waals surface area (Å²) in [6.45, 7) is 6.79. The molecule has 0 radical (unpaired) electrons. The summed E-state index contributed by atoms with van der Waals surface area (Å²) in [6.07, 6.45) is -2.34. The minimum Gasteiger partial charge on any atom is -0.444 e. The first-order valence-electron chi connectivity index (χ1n) is 8.74. The first-order chi connectivity index (χ1) is 11.9. The van der Waals surface area contributed by atoms with E-state index in [0.717, 1.165) is 12.8 Å².